The molecule has 1 heterocycles. The number of nitrogens with one attached hydrogen (secondary N) is 1. The molecule has 1 aliphatic rings. The predicted molar refractivity (Wildman–Crippen MR) is 114 cm³/mol. The fraction of sp³-hybridized carbons (Fsp3) is 0.955. The van der Waals surface area contributed by atoms with Crippen LogP contribution in [0.1, 0.15) is 90.9 Å². The van der Waals surface area contributed by atoms with E-state index in [-0.39, 0.29) is 6.42 Å². The average molecular weight is 434 g/mol. The van der Waals surface area contributed by atoms with Crippen LogP contribution in [0.15, 0.2) is 0 Å². The lowest BCUT2D eigenvalue weighted by atomic mass is 9.79. The van der Waals surface area contributed by atoms with Crippen molar-refractivity contribution in [3.05, 3.63) is 0 Å². The largest absolute Gasteiger partial charge is 0.394 e. The number of hydrogen-bond donors (Lipinski definition) is 6. The first kappa shape index (κ1) is 27.3. The van der Waals surface area contributed by atoms with Gasteiger partial charge in [0, 0.05) is 6.42 Å². The van der Waals surface area contributed by atoms with Crippen molar-refractivity contribution in [2.75, 3.05) is 6.61 Å². The molecule has 0 spiro atoms. The molecule has 0 bridgehead atoms. The fourth-order valence-corrected chi connectivity index (χ4v) is 4.09. The summed E-state index contributed by atoms with van der Waals surface area (Å²) in [6.07, 6.45) is 5.31. The van der Waals surface area contributed by atoms with E-state index in [9.17, 15) is 30.3 Å². The predicted octanol–water partition coefficient (Wildman–Crippen LogP) is 1.35. The highest BCUT2D eigenvalue weighted by atomic mass is 16.6. The first-order valence-electron chi connectivity index (χ1n) is 11.6. The lowest BCUT2D eigenvalue weighted by Gasteiger charge is -2.50. The molecule has 8 nitrogen and oxygen atoms in total. The van der Waals surface area contributed by atoms with Gasteiger partial charge >= 0.3 is 0 Å². The van der Waals surface area contributed by atoms with Crippen LogP contribution in [0.2, 0.25) is 0 Å². The Labute approximate surface area is 180 Å². The second kappa shape index (κ2) is 14.3. The average Bonchev–Trinajstić information content (AvgIpc) is 2.71. The molecule has 0 aromatic rings. The van der Waals surface area contributed by atoms with Crippen LogP contribution in [0.5, 0.6) is 0 Å². The maximum absolute atomic E-state index is 12.4. The van der Waals surface area contributed by atoms with Crippen molar-refractivity contribution in [2.24, 2.45) is 0 Å². The van der Waals surface area contributed by atoms with Gasteiger partial charge in [-0.2, -0.15) is 0 Å². The monoisotopic (exact) mass is 433 g/mol. The standard InChI is InChI=1S/C22H43NO7/c1-3-4-5-6-7-8-9-10-11-12-13-14-18(26)23-22(16(2)25)20(28)19(27)17(15-24)30-21(22)29/h16-17,19-21,24-25,27-29H,3-15H2,1-2H3,(H,23,26)/t16?,17-,19-,20+,21+,22-/m1/s1. The Bertz CT molecular complexity index is 476. The normalized spacial score (nSPS) is 30.2. The summed E-state index contributed by atoms with van der Waals surface area (Å²) in [4.78, 5) is 12.4. The number of rotatable bonds is 15. The van der Waals surface area contributed by atoms with Crippen molar-refractivity contribution in [2.45, 2.75) is 127 Å². The van der Waals surface area contributed by atoms with E-state index < -0.39 is 48.8 Å². The smallest absolute Gasteiger partial charge is 0.220 e. The number of unbranched alkanes of at least 4 members (excludes halogenated alkanes) is 10. The van der Waals surface area contributed by atoms with Crippen molar-refractivity contribution in [3.63, 3.8) is 0 Å². The summed E-state index contributed by atoms with van der Waals surface area (Å²) in [6.45, 7) is 2.90. The SMILES string of the molecule is CCCCCCCCCCCCCC(=O)N[C@@]1(C(C)O)[C@@H](O)O[C@H](CO)[C@@H](O)[C@@H]1O. The highest BCUT2D eigenvalue weighted by molar-refractivity contribution is 5.77. The Morgan fingerprint density at radius 2 is 1.47 bits per heavy atom. The number of carbonyl (C=O) groups excluding carboxylic acids is 1. The molecule has 0 radical (unpaired) electrons. The van der Waals surface area contributed by atoms with E-state index in [1.54, 1.807) is 0 Å². The van der Waals surface area contributed by atoms with Crippen LogP contribution in [0.3, 0.4) is 0 Å². The summed E-state index contributed by atoms with van der Waals surface area (Å²) in [5, 5.41) is 52.7. The summed E-state index contributed by atoms with van der Waals surface area (Å²) in [6, 6.07) is 0. The summed E-state index contributed by atoms with van der Waals surface area (Å²) < 4.78 is 5.13. The van der Waals surface area contributed by atoms with Gasteiger partial charge in [-0.25, -0.2) is 0 Å². The van der Waals surface area contributed by atoms with Crippen molar-refractivity contribution >= 4 is 5.91 Å². The van der Waals surface area contributed by atoms with E-state index in [1.165, 1.54) is 51.9 Å². The molecule has 1 amide bonds. The minimum absolute atomic E-state index is 0.185. The molecule has 0 aromatic heterocycles. The molecule has 1 saturated heterocycles. The van der Waals surface area contributed by atoms with Gasteiger partial charge in [-0.15, -0.1) is 0 Å². The summed E-state index contributed by atoms with van der Waals surface area (Å²) in [5.41, 5.74) is -1.96. The Kier molecular flexibility index (Phi) is 13.0. The Balaban J connectivity index is 2.34. The maximum atomic E-state index is 12.4. The second-order valence-corrected chi connectivity index (χ2v) is 8.59. The van der Waals surface area contributed by atoms with Crippen LogP contribution in [0.4, 0.5) is 0 Å². The van der Waals surface area contributed by atoms with Gasteiger partial charge in [-0.05, 0) is 13.3 Å². The van der Waals surface area contributed by atoms with Gasteiger partial charge in [0.2, 0.25) is 5.91 Å². The molecular weight excluding hydrogens is 390 g/mol. The minimum Gasteiger partial charge on any atom is -0.394 e. The second-order valence-electron chi connectivity index (χ2n) is 8.59. The van der Waals surface area contributed by atoms with E-state index in [1.807, 2.05) is 0 Å². The summed E-state index contributed by atoms with van der Waals surface area (Å²) in [5.74, 6) is -0.442. The van der Waals surface area contributed by atoms with Crippen LogP contribution in [-0.4, -0.2) is 74.3 Å². The topological polar surface area (TPSA) is 139 Å². The van der Waals surface area contributed by atoms with E-state index in [2.05, 4.69) is 12.2 Å². The highest BCUT2D eigenvalue weighted by Gasteiger charge is 2.58. The lowest BCUT2D eigenvalue weighted by molar-refractivity contribution is -0.298. The number of carbonyl (C=O) groups is 1. The van der Waals surface area contributed by atoms with E-state index in [4.69, 9.17) is 4.74 Å². The minimum atomic E-state index is -1.96. The number of hydrogen-bond acceptors (Lipinski definition) is 7. The Morgan fingerprint density at radius 3 is 1.93 bits per heavy atom. The third kappa shape index (κ3) is 7.73. The molecule has 0 aliphatic carbocycles. The maximum Gasteiger partial charge on any atom is 0.220 e. The van der Waals surface area contributed by atoms with Gasteiger partial charge in [-0.1, -0.05) is 71.1 Å². The zero-order chi connectivity index (χ0) is 22.6. The lowest BCUT2D eigenvalue weighted by Crippen LogP contribution is -2.77. The van der Waals surface area contributed by atoms with Gasteiger partial charge < -0.3 is 35.6 Å². The molecule has 1 rings (SSSR count). The molecule has 1 fully saturated rings. The number of ether oxygens (including phenoxy) is 1. The number of aliphatic hydroxyl groups is 5. The van der Waals surface area contributed by atoms with Crippen LogP contribution in [-0.2, 0) is 9.53 Å². The molecule has 30 heavy (non-hydrogen) atoms. The number of amides is 1. The molecule has 0 saturated carbocycles. The quantitative estimate of drug-likeness (QED) is 0.214. The molecule has 178 valence electrons. The third-order valence-electron chi connectivity index (χ3n) is 6.14. The third-order valence-corrected chi connectivity index (χ3v) is 6.14. The molecule has 6 N–H and O–H groups in total. The molecular formula is C22H43NO7. The van der Waals surface area contributed by atoms with E-state index in [0.29, 0.717) is 6.42 Å². The molecule has 6 atom stereocenters. The summed E-state index contributed by atoms with van der Waals surface area (Å²) in [7, 11) is 0. The van der Waals surface area contributed by atoms with Crippen LogP contribution in [0.25, 0.3) is 0 Å². The van der Waals surface area contributed by atoms with Crippen LogP contribution < -0.4 is 5.32 Å². The zero-order valence-electron chi connectivity index (χ0n) is 18.6. The molecule has 8 heteroatoms. The van der Waals surface area contributed by atoms with Crippen molar-refractivity contribution in [1.82, 2.24) is 5.32 Å². The fourth-order valence-electron chi connectivity index (χ4n) is 4.09. The van der Waals surface area contributed by atoms with Gasteiger partial charge in [-0.3, -0.25) is 4.79 Å². The Morgan fingerprint density at radius 1 is 0.967 bits per heavy atom. The van der Waals surface area contributed by atoms with E-state index in [0.717, 1.165) is 19.3 Å². The van der Waals surface area contributed by atoms with Gasteiger partial charge in [0.15, 0.2) is 6.29 Å². The van der Waals surface area contributed by atoms with Gasteiger partial charge in [0.05, 0.1) is 12.7 Å². The highest BCUT2D eigenvalue weighted by Crippen LogP contribution is 2.32. The van der Waals surface area contributed by atoms with E-state index >= 15 is 0 Å². The Hall–Kier alpha value is -0.770. The molecule has 1 aliphatic heterocycles. The van der Waals surface area contributed by atoms with Crippen molar-refractivity contribution in [3.8, 4) is 0 Å². The molecule has 0 aromatic carbocycles. The van der Waals surface area contributed by atoms with Crippen LogP contribution in [0, 0.1) is 0 Å². The van der Waals surface area contributed by atoms with Gasteiger partial charge in [0.25, 0.3) is 0 Å². The first-order valence-corrected chi connectivity index (χ1v) is 11.6. The summed E-state index contributed by atoms with van der Waals surface area (Å²) >= 11 is 0. The first-order chi connectivity index (χ1) is 14.3. The number of aliphatic hydroxyl groups excluding tert-OH is 5. The molecule has 1 unspecified atom stereocenters. The zero-order valence-corrected chi connectivity index (χ0v) is 18.6. The van der Waals surface area contributed by atoms with Crippen molar-refractivity contribution < 1.29 is 35.1 Å². The van der Waals surface area contributed by atoms with Crippen LogP contribution >= 0.6 is 0 Å². The van der Waals surface area contributed by atoms with Gasteiger partial charge in [0.1, 0.15) is 23.9 Å². The van der Waals surface area contributed by atoms with Crippen molar-refractivity contribution in [1.29, 1.82) is 0 Å².